The molecule has 7 nitrogen and oxygen atoms in total. The minimum atomic E-state index is -0.837. The van der Waals surface area contributed by atoms with Crippen LogP contribution in [0, 0.1) is 10.1 Å². The van der Waals surface area contributed by atoms with Crippen LogP contribution in [0.3, 0.4) is 0 Å². The SMILES string of the molecule is CCCNC(=O)[C@H](C)OC(=O)CSc1ccc([N+](=O)[O-])cc1. The summed E-state index contributed by atoms with van der Waals surface area (Å²) in [6.07, 6.45) is -0.0286. The molecule has 0 bridgehead atoms. The molecule has 0 unspecified atom stereocenters. The number of hydrogen-bond donors (Lipinski definition) is 1. The van der Waals surface area contributed by atoms with E-state index in [9.17, 15) is 19.7 Å². The number of ether oxygens (including phenoxy) is 1. The zero-order valence-electron chi connectivity index (χ0n) is 12.4. The molecule has 1 amide bonds. The molecule has 0 heterocycles. The molecular formula is C14H18N2O5S. The zero-order chi connectivity index (χ0) is 16.5. The summed E-state index contributed by atoms with van der Waals surface area (Å²) in [7, 11) is 0. The van der Waals surface area contributed by atoms with Gasteiger partial charge in [-0.05, 0) is 25.5 Å². The second kappa shape index (κ2) is 9.04. The van der Waals surface area contributed by atoms with E-state index >= 15 is 0 Å². The summed E-state index contributed by atoms with van der Waals surface area (Å²) < 4.78 is 5.01. The van der Waals surface area contributed by atoms with Gasteiger partial charge in [0.1, 0.15) is 0 Å². The Labute approximate surface area is 132 Å². The van der Waals surface area contributed by atoms with Gasteiger partial charge in [0.05, 0.1) is 10.7 Å². The summed E-state index contributed by atoms with van der Waals surface area (Å²) in [4.78, 5) is 34.0. The van der Waals surface area contributed by atoms with Crippen LogP contribution in [0.25, 0.3) is 0 Å². The first-order valence-electron chi connectivity index (χ1n) is 6.78. The van der Waals surface area contributed by atoms with E-state index in [0.29, 0.717) is 11.4 Å². The standard InChI is InChI=1S/C14H18N2O5S/c1-3-8-15-14(18)10(2)21-13(17)9-22-12-6-4-11(5-7-12)16(19)20/h4-7,10H,3,8-9H2,1-2H3,(H,15,18)/t10-/m0/s1. The maximum atomic E-state index is 11.6. The van der Waals surface area contributed by atoms with Gasteiger partial charge in [-0.2, -0.15) is 0 Å². The van der Waals surface area contributed by atoms with Crippen molar-refractivity contribution in [2.24, 2.45) is 0 Å². The van der Waals surface area contributed by atoms with Gasteiger partial charge in [0.15, 0.2) is 6.10 Å². The molecule has 0 aliphatic rings. The minimum absolute atomic E-state index is 0.00635. The highest BCUT2D eigenvalue weighted by Gasteiger charge is 2.17. The lowest BCUT2D eigenvalue weighted by Gasteiger charge is -2.12. The monoisotopic (exact) mass is 326 g/mol. The van der Waals surface area contributed by atoms with E-state index in [-0.39, 0.29) is 17.3 Å². The Morgan fingerprint density at radius 2 is 2.00 bits per heavy atom. The number of nitro benzene ring substituents is 1. The number of nitrogens with one attached hydrogen (secondary N) is 1. The maximum absolute atomic E-state index is 11.6. The topological polar surface area (TPSA) is 98.5 Å². The van der Waals surface area contributed by atoms with E-state index in [1.807, 2.05) is 6.92 Å². The first-order chi connectivity index (χ1) is 10.4. The lowest BCUT2D eigenvalue weighted by Crippen LogP contribution is -2.36. The molecule has 0 fully saturated rings. The quantitative estimate of drug-likeness (QED) is 0.340. The number of esters is 1. The van der Waals surface area contributed by atoms with Gasteiger partial charge in [0.25, 0.3) is 11.6 Å². The summed E-state index contributed by atoms with van der Waals surface area (Å²) in [5.41, 5.74) is -0.00635. The number of nitrogens with zero attached hydrogens (tertiary/aromatic N) is 1. The number of non-ortho nitro benzene ring substituents is 1. The van der Waals surface area contributed by atoms with Gasteiger partial charge in [0.2, 0.25) is 0 Å². The van der Waals surface area contributed by atoms with Gasteiger partial charge >= 0.3 is 5.97 Å². The second-order valence-corrected chi connectivity index (χ2v) is 5.51. The smallest absolute Gasteiger partial charge is 0.317 e. The van der Waals surface area contributed by atoms with Crippen LogP contribution in [-0.4, -0.2) is 35.2 Å². The predicted octanol–water partition coefficient (Wildman–Crippen LogP) is 2.14. The molecule has 0 saturated heterocycles. The summed E-state index contributed by atoms with van der Waals surface area (Å²) in [5.74, 6) is -0.804. The van der Waals surface area contributed by atoms with Crippen LogP contribution >= 0.6 is 11.8 Å². The predicted molar refractivity (Wildman–Crippen MR) is 82.7 cm³/mol. The number of carbonyl (C=O) groups excluding carboxylic acids is 2. The van der Waals surface area contributed by atoms with Crippen molar-refractivity contribution in [2.75, 3.05) is 12.3 Å². The van der Waals surface area contributed by atoms with Crippen molar-refractivity contribution in [3.05, 3.63) is 34.4 Å². The highest BCUT2D eigenvalue weighted by atomic mass is 32.2. The number of carbonyl (C=O) groups is 2. The van der Waals surface area contributed by atoms with Crippen molar-refractivity contribution < 1.29 is 19.2 Å². The van der Waals surface area contributed by atoms with E-state index in [0.717, 1.165) is 6.42 Å². The molecule has 1 rings (SSSR count). The number of thioether (sulfide) groups is 1. The minimum Gasteiger partial charge on any atom is -0.452 e. The van der Waals surface area contributed by atoms with Crippen LogP contribution in [0.15, 0.2) is 29.2 Å². The van der Waals surface area contributed by atoms with E-state index in [4.69, 9.17) is 4.74 Å². The van der Waals surface area contributed by atoms with Gasteiger partial charge in [-0.25, -0.2) is 0 Å². The summed E-state index contributed by atoms with van der Waals surface area (Å²) in [6, 6.07) is 5.86. The zero-order valence-corrected chi connectivity index (χ0v) is 13.2. The van der Waals surface area contributed by atoms with Gasteiger partial charge in [0, 0.05) is 23.6 Å². The van der Waals surface area contributed by atoms with Crippen LogP contribution < -0.4 is 5.32 Å². The molecule has 0 spiro atoms. The Bertz CT molecular complexity index is 533. The van der Waals surface area contributed by atoms with Crippen LogP contribution in [0.4, 0.5) is 5.69 Å². The Morgan fingerprint density at radius 1 is 1.36 bits per heavy atom. The Hall–Kier alpha value is -2.09. The van der Waals surface area contributed by atoms with E-state index in [1.165, 1.54) is 30.8 Å². The van der Waals surface area contributed by atoms with Crippen molar-refractivity contribution in [1.29, 1.82) is 0 Å². The van der Waals surface area contributed by atoms with Crippen LogP contribution in [-0.2, 0) is 14.3 Å². The first kappa shape index (κ1) is 18.0. The molecule has 1 aromatic rings. The van der Waals surface area contributed by atoms with Gasteiger partial charge < -0.3 is 10.1 Å². The van der Waals surface area contributed by atoms with E-state index in [2.05, 4.69) is 5.32 Å². The Morgan fingerprint density at radius 3 is 2.55 bits per heavy atom. The molecular weight excluding hydrogens is 308 g/mol. The average Bonchev–Trinajstić information content (AvgIpc) is 2.50. The summed E-state index contributed by atoms with van der Waals surface area (Å²) in [6.45, 7) is 3.98. The van der Waals surface area contributed by atoms with E-state index < -0.39 is 17.0 Å². The molecule has 0 aliphatic carbocycles. The summed E-state index contributed by atoms with van der Waals surface area (Å²) >= 11 is 1.19. The van der Waals surface area contributed by atoms with Crippen molar-refractivity contribution in [3.63, 3.8) is 0 Å². The summed E-state index contributed by atoms with van der Waals surface area (Å²) in [5, 5.41) is 13.2. The molecule has 120 valence electrons. The second-order valence-electron chi connectivity index (χ2n) is 4.46. The molecule has 0 radical (unpaired) electrons. The van der Waals surface area contributed by atoms with Gasteiger partial charge in [-0.3, -0.25) is 19.7 Å². The highest BCUT2D eigenvalue weighted by Crippen LogP contribution is 2.21. The number of nitro groups is 1. The van der Waals surface area contributed by atoms with Crippen molar-refractivity contribution in [3.8, 4) is 0 Å². The van der Waals surface area contributed by atoms with Gasteiger partial charge in [-0.15, -0.1) is 11.8 Å². The van der Waals surface area contributed by atoms with Crippen molar-refractivity contribution in [2.45, 2.75) is 31.3 Å². The number of rotatable bonds is 8. The maximum Gasteiger partial charge on any atom is 0.317 e. The Kier molecular flexibility index (Phi) is 7.38. The lowest BCUT2D eigenvalue weighted by atomic mass is 10.3. The molecule has 22 heavy (non-hydrogen) atoms. The normalized spacial score (nSPS) is 11.5. The molecule has 0 aliphatic heterocycles. The molecule has 1 aromatic carbocycles. The first-order valence-corrected chi connectivity index (χ1v) is 7.77. The third kappa shape index (κ3) is 6.13. The third-order valence-electron chi connectivity index (χ3n) is 2.63. The molecule has 0 aromatic heterocycles. The fraction of sp³-hybridized carbons (Fsp3) is 0.429. The average molecular weight is 326 g/mol. The number of hydrogen-bond acceptors (Lipinski definition) is 6. The molecule has 8 heteroatoms. The fourth-order valence-corrected chi connectivity index (χ4v) is 2.16. The van der Waals surface area contributed by atoms with Crippen molar-refractivity contribution in [1.82, 2.24) is 5.32 Å². The van der Waals surface area contributed by atoms with E-state index in [1.54, 1.807) is 12.1 Å². The van der Waals surface area contributed by atoms with Crippen molar-refractivity contribution >= 4 is 29.3 Å². The van der Waals surface area contributed by atoms with Crippen LogP contribution in [0.2, 0.25) is 0 Å². The largest absolute Gasteiger partial charge is 0.452 e. The highest BCUT2D eigenvalue weighted by molar-refractivity contribution is 8.00. The van der Waals surface area contributed by atoms with Crippen LogP contribution in [0.5, 0.6) is 0 Å². The number of benzene rings is 1. The van der Waals surface area contributed by atoms with Gasteiger partial charge in [-0.1, -0.05) is 6.92 Å². The number of amides is 1. The molecule has 1 N–H and O–H groups in total. The molecule has 0 saturated carbocycles. The Balaban J connectivity index is 2.39. The molecule has 1 atom stereocenters. The van der Waals surface area contributed by atoms with Crippen LogP contribution in [0.1, 0.15) is 20.3 Å². The fourth-order valence-electron chi connectivity index (χ4n) is 1.48. The third-order valence-corrected chi connectivity index (χ3v) is 3.62. The lowest BCUT2D eigenvalue weighted by molar-refractivity contribution is -0.384.